The van der Waals surface area contributed by atoms with Gasteiger partial charge < -0.3 is 0 Å². The van der Waals surface area contributed by atoms with E-state index in [4.69, 9.17) is 0 Å². The van der Waals surface area contributed by atoms with Crippen LogP contribution in [0.25, 0.3) is 21.9 Å². The van der Waals surface area contributed by atoms with Gasteiger partial charge in [0.15, 0.2) is 0 Å². The number of hydrogen-bond acceptors (Lipinski definition) is 0. The molecule has 0 fully saturated rings. The van der Waals surface area contributed by atoms with Gasteiger partial charge in [0.25, 0.3) is 0 Å². The Bertz CT molecular complexity index is 1090. The molecular formula is C30H40Cl2SiZr. The average Bonchev–Trinajstić information content (AvgIpc) is 3.29. The first-order valence-electron chi connectivity index (χ1n) is 11.8. The smallest absolute Gasteiger partial charge is 0.147 e. The molecule has 0 bridgehead atoms. The van der Waals surface area contributed by atoms with Crippen LogP contribution < -0.4 is 0 Å². The quantitative estimate of drug-likeness (QED) is 0.210. The summed E-state index contributed by atoms with van der Waals surface area (Å²) in [5.74, 6) is 0.560. The van der Waals surface area contributed by atoms with Crippen molar-refractivity contribution in [3.05, 3.63) is 89.0 Å². The Labute approximate surface area is 235 Å². The molecule has 182 valence electrons. The number of unbranched alkanes of at least 4 members (excludes halogenated alkanes) is 1. The van der Waals surface area contributed by atoms with Gasteiger partial charge in [-0.3, -0.25) is 6.08 Å². The van der Waals surface area contributed by atoms with E-state index >= 15 is 0 Å². The van der Waals surface area contributed by atoms with Crippen LogP contribution in [0.15, 0.2) is 77.4 Å². The Morgan fingerprint density at radius 3 is 2.03 bits per heavy atom. The number of hydrogen-bond donors (Lipinski definition) is 0. The van der Waals surface area contributed by atoms with Crippen LogP contribution in [0.5, 0.6) is 0 Å². The van der Waals surface area contributed by atoms with Gasteiger partial charge in [-0.15, -0.1) is 78.4 Å². The van der Waals surface area contributed by atoms with E-state index in [1.165, 1.54) is 63.4 Å². The van der Waals surface area contributed by atoms with Crippen molar-refractivity contribution in [3.8, 4) is 11.1 Å². The SMILES string of the molecule is CC1=[C-]C(C)C(C)=C1C.CCCCc1ccc(-c2c[cH-]c3ccccc23)cc1.C[Si](C)=[Zr+2].Cl.Cl. The Kier molecular flexibility index (Phi) is 16.4. The van der Waals surface area contributed by atoms with Crippen molar-refractivity contribution < 1.29 is 23.3 Å². The van der Waals surface area contributed by atoms with E-state index in [1.54, 1.807) is 23.3 Å². The number of aryl methyl sites for hydroxylation is 1. The molecule has 4 rings (SSSR count). The molecule has 0 spiro atoms. The van der Waals surface area contributed by atoms with Gasteiger partial charge in [0.1, 0.15) is 0 Å². The average molecular weight is 591 g/mol. The zero-order chi connectivity index (χ0) is 23.7. The normalized spacial score (nSPS) is 14.1. The molecule has 3 aromatic rings. The van der Waals surface area contributed by atoms with Crippen molar-refractivity contribution in [2.24, 2.45) is 5.92 Å². The summed E-state index contributed by atoms with van der Waals surface area (Å²) >= 11 is 1.74. The first kappa shape index (κ1) is 33.2. The third-order valence-electron chi connectivity index (χ3n) is 6.00. The molecule has 0 aromatic heterocycles. The second kappa shape index (κ2) is 16.8. The molecule has 0 saturated carbocycles. The van der Waals surface area contributed by atoms with Crippen LogP contribution in [0.3, 0.4) is 0 Å². The van der Waals surface area contributed by atoms with E-state index in [1.807, 2.05) is 0 Å². The van der Waals surface area contributed by atoms with Crippen molar-refractivity contribution in [2.75, 3.05) is 0 Å². The number of fused-ring (bicyclic) bond motifs is 1. The van der Waals surface area contributed by atoms with Gasteiger partial charge in [-0.1, -0.05) is 75.9 Å². The minimum atomic E-state index is 0. The van der Waals surface area contributed by atoms with Crippen LogP contribution in [-0.2, 0) is 29.8 Å². The Hall–Kier alpha value is -0.790. The molecular weight excluding hydrogens is 551 g/mol. The van der Waals surface area contributed by atoms with Gasteiger partial charge in [0.05, 0.1) is 0 Å². The summed E-state index contributed by atoms with van der Waals surface area (Å²) in [6.07, 6.45) is 7.09. The van der Waals surface area contributed by atoms with Crippen LogP contribution in [-0.4, -0.2) is 5.43 Å². The molecule has 3 aromatic carbocycles. The fourth-order valence-corrected chi connectivity index (χ4v) is 3.80. The molecule has 0 aliphatic heterocycles. The summed E-state index contributed by atoms with van der Waals surface area (Å²) in [4.78, 5) is 0. The standard InChI is InChI=1S/C19H19.C9H13.C2H6Si.2ClH.Zr/c1-2-3-6-15-9-11-17(12-10-15)19-14-13-16-7-4-5-8-18(16)19;1-6-5-7(2)9(4)8(6)3;1-3-2;;;/h4-5,7-14H,2-3,6H2,1H3;6H,1-4H3;1-2H3;2*1H;/q2*-1;;;;+2. The minimum Gasteiger partial charge on any atom is -0.147 e. The molecule has 0 N–H and O–H groups in total. The van der Waals surface area contributed by atoms with Gasteiger partial charge in [0, 0.05) is 0 Å². The number of allylic oxidation sites excluding steroid dienone is 4. The molecule has 0 heterocycles. The van der Waals surface area contributed by atoms with Gasteiger partial charge in [0.2, 0.25) is 0 Å². The van der Waals surface area contributed by atoms with Crippen LogP contribution in [0.4, 0.5) is 0 Å². The van der Waals surface area contributed by atoms with Crippen molar-refractivity contribution >= 4 is 41.0 Å². The van der Waals surface area contributed by atoms with E-state index in [0.717, 1.165) is 0 Å². The van der Waals surface area contributed by atoms with Crippen LogP contribution in [0.2, 0.25) is 13.1 Å². The van der Waals surface area contributed by atoms with Crippen molar-refractivity contribution in [2.45, 2.75) is 67.0 Å². The summed E-state index contributed by atoms with van der Waals surface area (Å²) in [7, 11) is 0. The van der Waals surface area contributed by atoms with E-state index in [0.29, 0.717) is 5.92 Å². The first-order valence-corrected chi connectivity index (χ1v) is 18.0. The summed E-state index contributed by atoms with van der Waals surface area (Å²) in [5.41, 5.74) is 8.57. The molecule has 0 amide bonds. The zero-order valence-electron chi connectivity index (χ0n) is 21.8. The van der Waals surface area contributed by atoms with Gasteiger partial charge >= 0.3 is 41.9 Å². The molecule has 4 heteroatoms. The maximum Gasteiger partial charge on any atom is -0.147 e. The molecule has 0 saturated heterocycles. The summed E-state index contributed by atoms with van der Waals surface area (Å²) < 4.78 is 0. The summed E-state index contributed by atoms with van der Waals surface area (Å²) in [5, 5.41) is 2.68. The van der Waals surface area contributed by atoms with Crippen molar-refractivity contribution in [3.63, 3.8) is 0 Å². The Morgan fingerprint density at radius 2 is 1.56 bits per heavy atom. The minimum absolute atomic E-state index is 0. The maximum atomic E-state index is 3.36. The topological polar surface area (TPSA) is 0 Å². The monoisotopic (exact) mass is 588 g/mol. The molecule has 1 unspecified atom stereocenters. The summed E-state index contributed by atoms with van der Waals surface area (Å²) in [6.45, 7) is 15.5. The fourth-order valence-electron chi connectivity index (χ4n) is 3.80. The van der Waals surface area contributed by atoms with E-state index in [2.05, 4.69) is 114 Å². The second-order valence-corrected chi connectivity index (χ2v) is 18.3. The van der Waals surface area contributed by atoms with Gasteiger partial charge in [-0.25, -0.2) is 5.57 Å². The third-order valence-corrected chi connectivity index (χ3v) is 6.00. The van der Waals surface area contributed by atoms with Crippen LogP contribution in [0, 0.1) is 12.0 Å². The van der Waals surface area contributed by atoms with E-state index in [-0.39, 0.29) is 30.2 Å². The molecule has 1 aliphatic carbocycles. The molecule has 1 atom stereocenters. The first-order chi connectivity index (χ1) is 15.2. The van der Waals surface area contributed by atoms with Crippen LogP contribution >= 0.6 is 24.8 Å². The fraction of sp³-hybridized carbons (Fsp3) is 0.367. The largest absolute Gasteiger partial charge is 0.147 e. The Morgan fingerprint density at radius 1 is 0.971 bits per heavy atom. The van der Waals surface area contributed by atoms with Crippen LogP contribution in [0.1, 0.15) is 53.0 Å². The molecule has 34 heavy (non-hydrogen) atoms. The van der Waals surface area contributed by atoms with Gasteiger partial charge in [-0.2, -0.15) is 11.1 Å². The van der Waals surface area contributed by atoms with Gasteiger partial charge in [-0.05, 0) is 18.4 Å². The predicted octanol–water partition coefficient (Wildman–Crippen LogP) is 9.92. The van der Waals surface area contributed by atoms with E-state index < -0.39 is 0 Å². The number of halogens is 2. The molecule has 0 radical (unpaired) electrons. The number of rotatable bonds is 4. The van der Waals surface area contributed by atoms with Crippen molar-refractivity contribution in [1.82, 2.24) is 0 Å². The zero-order valence-corrected chi connectivity index (χ0v) is 26.9. The molecule has 0 nitrogen and oxygen atoms in total. The Balaban J connectivity index is 0.000000614. The van der Waals surface area contributed by atoms with Crippen molar-refractivity contribution in [1.29, 1.82) is 0 Å². The van der Waals surface area contributed by atoms with E-state index in [9.17, 15) is 0 Å². The second-order valence-electron chi connectivity index (χ2n) is 8.93. The predicted molar refractivity (Wildman–Crippen MR) is 156 cm³/mol. The molecule has 1 aliphatic rings. The maximum absolute atomic E-state index is 3.36. The summed E-state index contributed by atoms with van der Waals surface area (Å²) in [6, 6.07) is 22.1. The third kappa shape index (κ3) is 10.1. The number of benzene rings is 2.